The first-order valence-electron chi connectivity index (χ1n) is 7.28. The molecule has 18 heavy (non-hydrogen) atoms. The fourth-order valence-corrected chi connectivity index (χ4v) is 2.32. The molecule has 0 atom stereocenters. The van der Waals surface area contributed by atoms with Gasteiger partial charge in [-0.25, -0.2) is 0 Å². The molecule has 0 spiro atoms. The zero-order valence-corrected chi connectivity index (χ0v) is 12.4. The highest BCUT2D eigenvalue weighted by Gasteiger charge is 2.19. The summed E-state index contributed by atoms with van der Waals surface area (Å²) in [6.07, 6.45) is 7.38. The summed E-state index contributed by atoms with van der Waals surface area (Å²) in [6.45, 7) is 8.67. The van der Waals surface area contributed by atoms with Crippen LogP contribution in [0.25, 0.3) is 0 Å². The number of phenolic OH excluding ortho intramolecular Hbond substituents is 1. The van der Waals surface area contributed by atoms with Crippen LogP contribution < -0.4 is 0 Å². The second-order valence-corrected chi connectivity index (χ2v) is 6.23. The molecule has 0 aliphatic carbocycles. The molecule has 0 amide bonds. The third kappa shape index (κ3) is 4.36. The van der Waals surface area contributed by atoms with Gasteiger partial charge < -0.3 is 5.11 Å². The van der Waals surface area contributed by atoms with E-state index in [9.17, 15) is 5.11 Å². The van der Waals surface area contributed by atoms with Gasteiger partial charge in [-0.2, -0.15) is 0 Å². The summed E-state index contributed by atoms with van der Waals surface area (Å²) in [4.78, 5) is 0. The maximum Gasteiger partial charge on any atom is 0.122 e. The van der Waals surface area contributed by atoms with Crippen molar-refractivity contribution in [1.82, 2.24) is 0 Å². The zero-order chi connectivity index (χ0) is 13.6. The van der Waals surface area contributed by atoms with E-state index < -0.39 is 0 Å². The highest BCUT2D eigenvalue weighted by Crippen LogP contribution is 2.33. The lowest BCUT2D eigenvalue weighted by atomic mass is 9.84. The van der Waals surface area contributed by atoms with E-state index in [2.05, 4.69) is 39.8 Å². The summed E-state index contributed by atoms with van der Waals surface area (Å²) in [7, 11) is 0. The molecule has 1 nitrogen and oxygen atoms in total. The van der Waals surface area contributed by atoms with Gasteiger partial charge in [0.1, 0.15) is 5.75 Å². The number of rotatable bonds is 6. The Labute approximate surface area is 112 Å². The molecule has 0 fully saturated rings. The largest absolute Gasteiger partial charge is 0.507 e. The minimum absolute atomic E-state index is 0.0162. The van der Waals surface area contributed by atoms with Crippen LogP contribution in [-0.2, 0) is 11.8 Å². The molecule has 0 saturated heterocycles. The van der Waals surface area contributed by atoms with Crippen molar-refractivity contribution in [2.24, 2.45) is 0 Å². The van der Waals surface area contributed by atoms with Crippen LogP contribution in [0.2, 0.25) is 0 Å². The molecule has 0 aromatic heterocycles. The van der Waals surface area contributed by atoms with Crippen molar-refractivity contribution in [2.75, 3.05) is 0 Å². The number of benzene rings is 1. The van der Waals surface area contributed by atoms with Crippen molar-refractivity contribution in [1.29, 1.82) is 0 Å². The number of hydrogen-bond donors (Lipinski definition) is 1. The number of phenols is 1. The van der Waals surface area contributed by atoms with Crippen LogP contribution in [-0.4, -0.2) is 5.11 Å². The topological polar surface area (TPSA) is 20.2 Å². The van der Waals surface area contributed by atoms with Gasteiger partial charge in [0, 0.05) is 0 Å². The van der Waals surface area contributed by atoms with Gasteiger partial charge in [0.05, 0.1) is 0 Å². The predicted molar refractivity (Wildman–Crippen MR) is 79.3 cm³/mol. The first kappa shape index (κ1) is 15.1. The van der Waals surface area contributed by atoms with Crippen LogP contribution in [0.4, 0.5) is 0 Å². The fraction of sp³-hybridized carbons (Fsp3) is 0.647. The smallest absolute Gasteiger partial charge is 0.122 e. The Morgan fingerprint density at radius 1 is 1.00 bits per heavy atom. The van der Waals surface area contributed by atoms with Crippen LogP contribution in [0.15, 0.2) is 18.2 Å². The first-order chi connectivity index (χ1) is 8.46. The first-order valence-corrected chi connectivity index (χ1v) is 7.28. The summed E-state index contributed by atoms with van der Waals surface area (Å²) >= 11 is 0. The van der Waals surface area contributed by atoms with Crippen LogP contribution in [0.5, 0.6) is 5.75 Å². The molecule has 0 aliphatic rings. The van der Waals surface area contributed by atoms with Crippen LogP contribution in [0, 0.1) is 0 Å². The van der Waals surface area contributed by atoms with E-state index in [0.29, 0.717) is 5.75 Å². The van der Waals surface area contributed by atoms with E-state index in [1.165, 1.54) is 32.1 Å². The van der Waals surface area contributed by atoms with Gasteiger partial charge >= 0.3 is 0 Å². The summed E-state index contributed by atoms with van der Waals surface area (Å²) in [5.41, 5.74) is 2.19. The van der Waals surface area contributed by atoms with Crippen molar-refractivity contribution < 1.29 is 5.11 Å². The molecule has 0 unspecified atom stereocenters. The van der Waals surface area contributed by atoms with E-state index in [1.54, 1.807) is 0 Å². The Bertz CT molecular complexity index is 360. The van der Waals surface area contributed by atoms with Gasteiger partial charge in [-0.15, -0.1) is 0 Å². The molecule has 0 radical (unpaired) electrons. The van der Waals surface area contributed by atoms with Crippen molar-refractivity contribution in [3.05, 3.63) is 29.3 Å². The highest BCUT2D eigenvalue weighted by atomic mass is 16.3. The van der Waals surface area contributed by atoms with Crippen molar-refractivity contribution in [3.63, 3.8) is 0 Å². The van der Waals surface area contributed by atoms with E-state index in [4.69, 9.17) is 0 Å². The lowest BCUT2D eigenvalue weighted by molar-refractivity contribution is 0.439. The minimum atomic E-state index is 0.0162. The molecule has 1 aromatic carbocycles. The number of hydrogen-bond acceptors (Lipinski definition) is 1. The second kappa shape index (κ2) is 6.82. The molecule has 1 N–H and O–H groups in total. The number of aryl methyl sites for hydroxylation is 1. The average molecular weight is 248 g/mol. The van der Waals surface area contributed by atoms with Gasteiger partial charge in [0.2, 0.25) is 0 Å². The van der Waals surface area contributed by atoms with E-state index in [-0.39, 0.29) is 5.41 Å². The van der Waals surface area contributed by atoms with Crippen LogP contribution >= 0.6 is 0 Å². The summed E-state index contributed by atoms with van der Waals surface area (Å²) < 4.78 is 0. The Morgan fingerprint density at radius 3 is 2.28 bits per heavy atom. The van der Waals surface area contributed by atoms with E-state index >= 15 is 0 Å². The second-order valence-electron chi connectivity index (χ2n) is 6.23. The molecule has 0 heterocycles. The lowest BCUT2D eigenvalue weighted by Gasteiger charge is -2.21. The Balaban J connectivity index is 2.62. The summed E-state index contributed by atoms with van der Waals surface area (Å²) in [5, 5.41) is 10.3. The summed E-state index contributed by atoms with van der Waals surface area (Å²) in [5.74, 6) is 0.514. The van der Waals surface area contributed by atoms with E-state index in [1.807, 2.05) is 6.07 Å². The Morgan fingerprint density at radius 2 is 1.67 bits per heavy atom. The SMILES string of the molecule is CCCCCCCc1cccc(C(C)(C)C)c1O. The van der Waals surface area contributed by atoms with Gasteiger partial charge in [-0.05, 0) is 29.4 Å². The molecule has 102 valence electrons. The molecule has 0 saturated carbocycles. The third-order valence-electron chi connectivity index (χ3n) is 3.48. The Hall–Kier alpha value is -0.980. The molecule has 1 heteroatoms. The van der Waals surface area contributed by atoms with Gasteiger partial charge in [0.25, 0.3) is 0 Å². The molecule has 1 rings (SSSR count). The highest BCUT2D eigenvalue weighted by molar-refractivity contribution is 5.44. The molecule has 0 bridgehead atoms. The van der Waals surface area contributed by atoms with Crippen LogP contribution in [0.3, 0.4) is 0 Å². The standard InChI is InChI=1S/C17H28O/c1-5-6-7-8-9-11-14-12-10-13-15(16(14)18)17(2,3)4/h10,12-13,18H,5-9,11H2,1-4H3. The quantitative estimate of drug-likeness (QED) is 0.686. The normalized spacial score (nSPS) is 11.8. The van der Waals surface area contributed by atoms with Gasteiger partial charge in [-0.1, -0.05) is 71.6 Å². The Kier molecular flexibility index (Phi) is 5.71. The maximum absolute atomic E-state index is 10.3. The average Bonchev–Trinajstić information content (AvgIpc) is 2.29. The molecule has 0 aliphatic heterocycles. The van der Waals surface area contributed by atoms with E-state index in [0.717, 1.165) is 17.5 Å². The third-order valence-corrected chi connectivity index (χ3v) is 3.48. The number of para-hydroxylation sites is 1. The van der Waals surface area contributed by atoms with Crippen LogP contribution in [0.1, 0.15) is 70.9 Å². The zero-order valence-electron chi connectivity index (χ0n) is 12.4. The number of unbranched alkanes of at least 4 members (excludes halogenated alkanes) is 4. The van der Waals surface area contributed by atoms with Crippen molar-refractivity contribution in [2.45, 2.75) is 71.6 Å². The lowest BCUT2D eigenvalue weighted by Crippen LogP contribution is -2.11. The fourth-order valence-electron chi connectivity index (χ4n) is 2.32. The molecular weight excluding hydrogens is 220 g/mol. The van der Waals surface area contributed by atoms with Gasteiger partial charge in [-0.3, -0.25) is 0 Å². The summed E-state index contributed by atoms with van der Waals surface area (Å²) in [6, 6.07) is 6.17. The predicted octanol–water partition coefficient (Wildman–Crippen LogP) is 5.20. The molecular formula is C17H28O. The monoisotopic (exact) mass is 248 g/mol. The minimum Gasteiger partial charge on any atom is -0.507 e. The van der Waals surface area contributed by atoms with Crippen molar-refractivity contribution in [3.8, 4) is 5.75 Å². The number of aromatic hydroxyl groups is 1. The van der Waals surface area contributed by atoms with Gasteiger partial charge in [0.15, 0.2) is 0 Å². The molecule has 1 aromatic rings. The van der Waals surface area contributed by atoms with Crippen molar-refractivity contribution >= 4 is 0 Å². The maximum atomic E-state index is 10.3.